The zero-order valence-electron chi connectivity index (χ0n) is 18.2. The number of pyridine rings is 1. The van der Waals surface area contributed by atoms with Gasteiger partial charge in [-0.05, 0) is 70.7 Å². The second-order valence-electron chi connectivity index (χ2n) is 9.11. The Kier molecular flexibility index (Phi) is 6.18. The number of aryl methyl sites for hydroxylation is 1. The lowest BCUT2D eigenvalue weighted by Gasteiger charge is -2.34. The van der Waals surface area contributed by atoms with E-state index >= 15 is 0 Å². The molecule has 2 fully saturated rings. The first-order valence-corrected chi connectivity index (χ1v) is 11.4. The van der Waals surface area contributed by atoms with Crippen LogP contribution in [0.4, 0.5) is 5.82 Å². The van der Waals surface area contributed by atoms with Crippen LogP contribution in [0.1, 0.15) is 69.3 Å². The van der Waals surface area contributed by atoms with Crippen LogP contribution in [-0.2, 0) is 7.05 Å². The lowest BCUT2D eigenvalue weighted by molar-refractivity contribution is 0.0908. The third-order valence-electron chi connectivity index (χ3n) is 6.72. The maximum absolute atomic E-state index is 13.1. The van der Waals surface area contributed by atoms with Gasteiger partial charge in [-0.1, -0.05) is 12.8 Å². The molecule has 6 heteroatoms. The first-order valence-electron chi connectivity index (χ1n) is 11.4. The van der Waals surface area contributed by atoms with Gasteiger partial charge in [-0.3, -0.25) is 4.79 Å². The minimum absolute atomic E-state index is 0.169. The van der Waals surface area contributed by atoms with Crippen molar-refractivity contribution < 1.29 is 4.79 Å². The molecule has 29 heavy (non-hydrogen) atoms. The normalized spacial score (nSPS) is 19.8. The number of rotatable bonds is 5. The van der Waals surface area contributed by atoms with Crippen LogP contribution in [0.25, 0.3) is 11.0 Å². The Hall–Kier alpha value is -1.95. The molecule has 0 aromatic carbocycles. The summed E-state index contributed by atoms with van der Waals surface area (Å²) in [5.74, 6) is 1.66. The summed E-state index contributed by atoms with van der Waals surface area (Å²) in [5, 5.41) is 5.48. The molecule has 4 heterocycles. The molecule has 2 aromatic rings. The summed E-state index contributed by atoms with van der Waals surface area (Å²) in [6, 6.07) is 4.73. The second kappa shape index (κ2) is 8.82. The largest absolute Gasteiger partial charge is 0.357 e. The van der Waals surface area contributed by atoms with Gasteiger partial charge >= 0.3 is 0 Å². The Labute approximate surface area is 174 Å². The number of piperidine rings is 1. The van der Waals surface area contributed by atoms with Crippen LogP contribution in [0.2, 0.25) is 0 Å². The van der Waals surface area contributed by atoms with Crippen LogP contribution >= 0.6 is 0 Å². The van der Waals surface area contributed by atoms with Gasteiger partial charge in [0, 0.05) is 32.6 Å². The van der Waals surface area contributed by atoms with Crippen molar-refractivity contribution in [1.82, 2.24) is 19.7 Å². The molecule has 0 unspecified atom stereocenters. The van der Waals surface area contributed by atoms with Gasteiger partial charge in [-0.25, -0.2) is 9.67 Å². The van der Waals surface area contributed by atoms with E-state index in [0.29, 0.717) is 24.1 Å². The predicted octanol–water partition coefficient (Wildman–Crippen LogP) is 4.04. The van der Waals surface area contributed by atoms with Crippen molar-refractivity contribution in [2.24, 2.45) is 13.0 Å². The van der Waals surface area contributed by atoms with Gasteiger partial charge in [0.25, 0.3) is 0 Å². The molecule has 0 bridgehead atoms. The SMILES string of the molecule is CC(C)N1CCC(CC(=O)c2nn(C)c3nc(N4CCCCCC4)ccc23)CC1. The Morgan fingerprint density at radius 2 is 1.76 bits per heavy atom. The lowest BCUT2D eigenvalue weighted by atomic mass is 9.90. The van der Waals surface area contributed by atoms with E-state index in [9.17, 15) is 4.79 Å². The summed E-state index contributed by atoms with van der Waals surface area (Å²) < 4.78 is 1.78. The van der Waals surface area contributed by atoms with Crippen molar-refractivity contribution in [3.8, 4) is 0 Å². The highest BCUT2D eigenvalue weighted by molar-refractivity contribution is 6.05. The first kappa shape index (κ1) is 20.3. The van der Waals surface area contributed by atoms with Gasteiger partial charge in [0.05, 0.1) is 5.39 Å². The number of hydrogen-bond acceptors (Lipinski definition) is 5. The number of carbonyl (C=O) groups is 1. The Balaban J connectivity index is 1.48. The molecule has 2 aromatic heterocycles. The highest BCUT2D eigenvalue weighted by Crippen LogP contribution is 2.27. The van der Waals surface area contributed by atoms with E-state index in [-0.39, 0.29) is 5.78 Å². The topological polar surface area (TPSA) is 54.3 Å². The lowest BCUT2D eigenvalue weighted by Crippen LogP contribution is -2.38. The van der Waals surface area contributed by atoms with Crippen molar-refractivity contribution in [2.45, 2.75) is 64.8 Å². The highest BCUT2D eigenvalue weighted by atomic mass is 16.1. The van der Waals surface area contributed by atoms with Crippen LogP contribution in [0.3, 0.4) is 0 Å². The van der Waals surface area contributed by atoms with Crippen LogP contribution in [0.5, 0.6) is 0 Å². The molecule has 158 valence electrons. The van der Waals surface area contributed by atoms with E-state index in [4.69, 9.17) is 4.98 Å². The first-order chi connectivity index (χ1) is 14.0. The van der Waals surface area contributed by atoms with E-state index in [1.807, 2.05) is 7.05 Å². The summed E-state index contributed by atoms with van der Waals surface area (Å²) in [6.45, 7) is 8.82. The van der Waals surface area contributed by atoms with E-state index < -0.39 is 0 Å². The van der Waals surface area contributed by atoms with Crippen LogP contribution in [0, 0.1) is 5.92 Å². The number of ketones is 1. The van der Waals surface area contributed by atoms with Crippen LogP contribution < -0.4 is 4.90 Å². The van der Waals surface area contributed by atoms with Gasteiger partial charge in [-0.15, -0.1) is 0 Å². The molecule has 0 N–H and O–H groups in total. The molecular weight excluding hydrogens is 362 g/mol. The molecule has 2 aliphatic heterocycles. The van der Waals surface area contributed by atoms with Crippen LogP contribution in [0.15, 0.2) is 12.1 Å². The average molecular weight is 398 g/mol. The number of aromatic nitrogens is 3. The predicted molar refractivity (Wildman–Crippen MR) is 118 cm³/mol. The third kappa shape index (κ3) is 4.47. The standard InChI is InChI=1S/C23H35N5O/c1-17(2)27-14-10-18(11-15-27)16-20(29)22-19-8-9-21(24-23(19)26(3)25-22)28-12-6-4-5-7-13-28/h8-9,17-18H,4-7,10-16H2,1-3H3. The molecule has 0 saturated carbocycles. The number of carbonyl (C=O) groups excluding carboxylic acids is 1. The van der Waals surface area contributed by atoms with Gasteiger partial charge in [-0.2, -0.15) is 5.10 Å². The van der Waals surface area contributed by atoms with Crippen molar-refractivity contribution in [3.63, 3.8) is 0 Å². The molecule has 0 spiro atoms. The van der Waals surface area contributed by atoms with Gasteiger partial charge < -0.3 is 9.80 Å². The number of Topliss-reactive ketones (excluding diaryl/α,β-unsaturated/α-hetero) is 1. The van der Waals surface area contributed by atoms with Crippen molar-refractivity contribution >= 4 is 22.6 Å². The van der Waals surface area contributed by atoms with Crippen molar-refractivity contribution in [1.29, 1.82) is 0 Å². The zero-order valence-corrected chi connectivity index (χ0v) is 18.2. The molecule has 0 aliphatic carbocycles. The fourth-order valence-electron chi connectivity index (χ4n) is 4.84. The Bertz CT molecular complexity index is 842. The zero-order chi connectivity index (χ0) is 20.4. The summed E-state index contributed by atoms with van der Waals surface area (Å²) in [4.78, 5) is 22.8. The van der Waals surface area contributed by atoms with Gasteiger partial charge in [0.2, 0.25) is 0 Å². The molecule has 6 nitrogen and oxygen atoms in total. The highest BCUT2D eigenvalue weighted by Gasteiger charge is 2.26. The molecule has 0 amide bonds. The van der Waals surface area contributed by atoms with Crippen molar-refractivity contribution in [3.05, 3.63) is 17.8 Å². The van der Waals surface area contributed by atoms with E-state index in [0.717, 1.165) is 55.9 Å². The maximum atomic E-state index is 13.1. The van der Waals surface area contributed by atoms with E-state index in [1.165, 1.54) is 25.7 Å². The fraction of sp³-hybridized carbons (Fsp3) is 0.696. The van der Waals surface area contributed by atoms with Gasteiger partial charge in [0.15, 0.2) is 11.4 Å². The molecule has 0 radical (unpaired) electrons. The fourth-order valence-corrected chi connectivity index (χ4v) is 4.84. The number of anilines is 1. The summed E-state index contributed by atoms with van der Waals surface area (Å²) in [5.41, 5.74) is 1.42. The summed E-state index contributed by atoms with van der Waals surface area (Å²) in [7, 11) is 1.90. The molecule has 2 aliphatic rings. The third-order valence-corrected chi connectivity index (χ3v) is 6.72. The summed E-state index contributed by atoms with van der Waals surface area (Å²) >= 11 is 0. The number of nitrogens with zero attached hydrogens (tertiary/aromatic N) is 5. The second-order valence-corrected chi connectivity index (χ2v) is 9.11. The maximum Gasteiger partial charge on any atom is 0.184 e. The molecule has 0 atom stereocenters. The minimum atomic E-state index is 0.169. The Morgan fingerprint density at radius 1 is 1.07 bits per heavy atom. The quantitative estimate of drug-likeness (QED) is 0.713. The minimum Gasteiger partial charge on any atom is -0.357 e. The van der Waals surface area contributed by atoms with Crippen molar-refractivity contribution in [2.75, 3.05) is 31.1 Å². The number of likely N-dealkylation sites (tertiary alicyclic amines) is 1. The van der Waals surface area contributed by atoms with E-state index in [1.54, 1.807) is 4.68 Å². The van der Waals surface area contributed by atoms with Crippen LogP contribution in [-0.4, -0.2) is 57.7 Å². The van der Waals surface area contributed by atoms with Gasteiger partial charge in [0.1, 0.15) is 11.5 Å². The molecular formula is C23H35N5O. The molecule has 2 saturated heterocycles. The smallest absolute Gasteiger partial charge is 0.184 e. The number of hydrogen-bond donors (Lipinski definition) is 0. The van der Waals surface area contributed by atoms with E-state index in [2.05, 4.69) is 40.9 Å². The summed E-state index contributed by atoms with van der Waals surface area (Å²) in [6.07, 6.45) is 7.87. The monoisotopic (exact) mass is 397 g/mol. The molecule has 4 rings (SSSR count). The average Bonchev–Trinajstić information content (AvgIpc) is 2.89. The Morgan fingerprint density at radius 3 is 2.41 bits per heavy atom. The number of fused-ring (bicyclic) bond motifs is 1.